The average molecular weight is 287 g/mol. The van der Waals surface area contributed by atoms with Crippen molar-refractivity contribution in [2.75, 3.05) is 19.7 Å². The van der Waals surface area contributed by atoms with Gasteiger partial charge in [0, 0.05) is 13.1 Å². The van der Waals surface area contributed by atoms with Gasteiger partial charge >= 0.3 is 5.97 Å². The molecular weight excluding hydrogens is 270 g/mol. The molecule has 2 rings (SSSR count). The molecular formula is C11H17N3O4S. The highest BCUT2D eigenvalue weighted by Crippen LogP contribution is 2.23. The van der Waals surface area contributed by atoms with Crippen molar-refractivity contribution in [3.8, 4) is 0 Å². The molecule has 1 aromatic heterocycles. The Morgan fingerprint density at radius 3 is 3.05 bits per heavy atom. The maximum atomic E-state index is 12.3. The molecule has 106 valence electrons. The largest absolute Gasteiger partial charge is 0.466 e. The van der Waals surface area contributed by atoms with Crippen LogP contribution in [0.3, 0.4) is 0 Å². The summed E-state index contributed by atoms with van der Waals surface area (Å²) in [6.07, 6.45) is 2.70. The molecule has 0 aromatic carbocycles. The van der Waals surface area contributed by atoms with Crippen molar-refractivity contribution >= 4 is 16.0 Å². The minimum absolute atomic E-state index is 0.0528. The maximum absolute atomic E-state index is 12.3. The Morgan fingerprint density at radius 1 is 1.63 bits per heavy atom. The molecule has 0 saturated carbocycles. The zero-order valence-electron chi connectivity index (χ0n) is 10.7. The van der Waals surface area contributed by atoms with Crippen LogP contribution in [-0.4, -0.2) is 48.6 Å². The van der Waals surface area contributed by atoms with Crippen LogP contribution in [-0.2, 0) is 19.6 Å². The molecule has 1 aromatic rings. The quantitative estimate of drug-likeness (QED) is 0.808. The standard InChI is InChI=1S/C11H17N3O4S/c1-2-18-11(15)9-4-3-7-14(8-9)19(16,17)10-5-6-12-13-10/h5-6,9H,2-4,7-8H2,1H3,(H,12,13)/t9-/m1/s1. The minimum atomic E-state index is -3.59. The second kappa shape index (κ2) is 5.70. The van der Waals surface area contributed by atoms with E-state index in [1.54, 1.807) is 6.92 Å². The third-order valence-corrected chi connectivity index (χ3v) is 4.89. The first-order chi connectivity index (χ1) is 9.05. The maximum Gasteiger partial charge on any atom is 0.310 e. The topological polar surface area (TPSA) is 92.4 Å². The number of sulfonamides is 1. The van der Waals surface area contributed by atoms with Crippen molar-refractivity contribution in [3.63, 3.8) is 0 Å². The summed E-state index contributed by atoms with van der Waals surface area (Å²) in [6.45, 7) is 2.62. The number of carbonyl (C=O) groups is 1. The number of nitrogens with zero attached hydrogens (tertiary/aromatic N) is 2. The second-order valence-electron chi connectivity index (χ2n) is 4.38. The van der Waals surface area contributed by atoms with Gasteiger partial charge in [0.1, 0.15) is 0 Å². The molecule has 1 aliphatic heterocycles. The molecule has 0 radical (unpaired) electrons. The molecule has 8 heteroatoms. The predicted molar refractivity (Wildman–Crippen MR) is 66.7 cm³/mol. The van der Waals surface area contributed by atoms with E-state index in [9.17, 15) is 13.2 Å². The summed E-state index contributed by atoms with van der Waals surface area (Å²) < 4.78 is 30.8. The van der Waals surface area contributed by atoms with E-state index in [2.05, 4.69) is 10.2 Å². The van der Waals surface area contributed by atoms with E-state index >= 15 is 0 Å². The van der Waals surface area contributed by atoms with E-state index in [1.807, 2.05) is 0 Å². The van der Waals surface area contributed by atoms with Crippen molar-refractivity contribution in [2.24, 2.45) is 5.92 Å². The fourth-order valence-corrected chi connectivity index (χ4v) is 3.56. The lowest BCUT2D eigenvalue weighted by Gasteiger charge is -2.30. The normalized spacial score (nSPS) is 21.2. The zero-order valence-corrected chi connectivity index (χ0v) is 11.5. The van der Waals surface area contributed by atoms with Gasteiger partial charge in [0.25, 0.3) is 10.0 Å². The molecule has 7 nitrogen and oxygen atoms in total. The van der Waals surface area contributed by atoms with E-state index in [-0.39, 0.29) is 23.5 Å². The highest BCUT2D eigenvalue weighted by molar-refractivity contribution is 7.89. The smallest absolute Gasteiger partial charge is 0.310 e. The fourth-order valence-electron chi connectivity index (χ4n) is 2.14. The molecule has 1 fully saturated rings. The third kappa shape index (κ3) is 2.95. The van der Waals surface area contributed by atoms with Gasteiger partial charge in [-0.1, -0.05) is 0 Å². The van der Waals surface area contributed by atoms with Gasteiger partial charge in [0.2, 0.25) is 0 Å². The Labute approximate surface area is 112 Å². The van der Waals surface area contributed by atoms with Gasteiger partial charge in [0.05, 0.1) is 18.7 Å². The molecule has 2 heterocycles. The Kier molecular flexibility index (Phi) is 4.20. The van der Waals surface area contributed by atoms with Crippen molar-refractivity contribution in [3.05, 3.63) is 12.3 Å². The number of ether oxygens (including phenoxy) is 1. The lowest BCUT2D eigenvalue weighted by Crippen LogP contribution is -2.42. The zero-order chi connectivity index (χ0) is 13.9. The molecule has 1 N–H and O–H groups in total. The summed E-state index contributed by atoms with van der Waals surface area (Å²) >= 11 is 0. The summed E-state index contributed by atoms with van der Waals surface area (Å²) in [5.41, 5.74) is 0. The van der Waals surface area contributed by atoms with Crippen LogP contribution >= 0.6 is 0 Å². The number of aromatic nitrogens is 2. The van der Waals surface area contributed by atoms with Gasteiger partial charge in [0.15, 0.2) is 5.03 Å². The van der Waals surface area contributed by atoms with Gasteiger partial charge in [-0.15, -0.1) is 0 Å². The van der Waals surface area contributed by atoms with Crippen molar-refractivity contribution in [1.29, 1.82) is 0 Å². The van der Waals surface area contributed by atoms with Crippen LogP contribution in [0.1, 0.15) is 19.8 Å². The van der Waals surface area contributed by atoms with Crippen molar-refractivity contribution in [2.45, 2.75) is 24.8 Å². The number of carbonyl (C=O) groups excluding carboxylic acids is 1. The van der Waals surface area contributed by atoms with Gasteiger partial charge in [-0.3, -0.25) is 9.89 Å². The van der Waals surface area contributed by atoms with Crippen LogP contribution in [0, 0.1) is 5.92 Å². The van der Waals surface area contributed by atoms with Crippen molar-refractivity contribution in [1.82, 2.24) is 14.5 Å². The van der Waals surface area contributed by atoms with E-state index in [1.165, 1.54) is 16.6 Å². The molecule has 0 spiro atoms. The lowest BCUT2D eigenvalue weighted by molar-refractivity contribution is -0.149. The number of H-pyrrole nitrogens is 1. The Balaban J connectivity index is 2.11. The lowest BCUT2D eigenvalue weighted by atomic mass is 10.0. The Hall–Kier alpha value is -1.41. The third-order valence-electron chi connectivity index (χ3n) is 3.10. The SMILES string of the molecule is CCOC(=O)[C@@H]1CCCN(S(=O)(=O)c2ccn[nH]2)C1. The van der Waals surface area contributed by atoms with E-state index in [0.29, 0.717) is 26.0 Å². The van der Waals surface area contributed by atoms with E-state index in [0.717, 1.165) is 0 Å². The molecule has 0 unspecified atom stereocenters. The molecule has 1 saturated heterocycles. The second-order valence-corrected chi connectivity index (χ2v) is 6.28. The number of esters is 1. The molecule has 1 atom stereocenters. The van der Waals surface area contributed by atoms with Crippen LogP contribution in [0.2, 0.25) is 0 Å². The summed E-state index contributed by atoms with van der Waals surface area (Å²) in [4.78, 5) is 11.7. The summed E-state index contributed by atoms with van der Waals surface area (Å²) in [7, 11) is -3.59. The van der Waals surface area contributed by atoms with Gasteiger partial charge in [-0.05, 0) is 25.8 Å². The number of aromatic amines is 1. The predicted octanol–water partition coefficient (Wildman–Crippen LogP) is 0.373. The first-order valence-electron chi connectivity index (χ1n) is 6.22. The van der Waals surface area contributed by atoms with Crippen LogP contribution in [0.15, 0.2) is 17.3 Å². The van der Waals surface area contributed by atoms with Gasteiger partial charge < -0.3 is 4.74 Å². The van der Waals surface area contributed by atoms with Crippen LogP contribution in [0.25, 0.3) is 0 Å². The average Bonchev–Trinajstić information content (AvgIpc) is 2.94. The van der Waals surface area contributed by atoms with Gasteiger partial charge in [-0.25, -0.2) is 8.42 Å². The van der Waals surface area contributed by atoms with Crippen LogP contribution in [0.4, 0.5) is 0 Å². The first kappa shape index (κ1) is 14.0. The highest BCUT2D eigenvalue weighted by atomic mass is 32.2. The number of piperidine rings is 1. The monoisotopic (exact) mass is 287 g/mol. The van der Waals surface area contributed by atoms with Crippen molar-refractivity contribution < 1.29 is 17.9 Å². The molecule has 0 bridgehead atoms. The highest BCUT2D eigenvalue weighted by Gasteiger charge is 2.34. The summed E-state index contributed by atoms with van der Waals surface area (Å²) in [5.74, 6) is -0.710. The van der Waals surface area contributed by atoms with E-state index < -0.39 is 10.0 Å². The van der Waals surface area contributed by atoms with Gasteiger partial charge in [-0.2, -0.15) is 9.40 Å². The molecule has 0 amide bonds. The summed E-state index contributed by atoms with van der Waals surface area (Å²) in [5, 5.41) is 6.15. The molecule has 19 heavy (non-hydrogen) atoms. The number of rotatable bonds is 4. The Morgan fingerprint density at radius 2 is 2.42 bits per heavy atom. The minimum Gasteiger partial charge on any atom is -0.466 e. The molecule has 0 aliphatic carbocycles. The van der Waals surface area contributed by atoms with Crippen LogP contribution < -0.4 is 0 Å². The number of nitrogens with one attached hydrogen (secondary N) is 1. The number of hydrogen-bond donors (Lipinski definition) is 1. The van der Waals surface area contributed by atoms with E-state index in [4.69, 9.17) is 4.74 Å². The molecule has 1 aliphatic rings. The summed E-state index contributed by atoms with van der Waals surface area (Å²) in [6, 6.07) is 1.41. The Bertz CT molecular complexity index is 526. The number of hydrogen-bond acceptors (Lipinski definition) is 5. The fraction of sp³-hybridized carbons (Fsp3) is 0.636. The first-order valence-corrected chi connectivity index (χ1v) is 7.66. The van der Waals surface area contributed by atoms with Crippen LogP contribution in [0.5, 0.6) is 0 Å².